The maximum atomic E-state index is 12.5. The van der Waals surface area contributed by atoms with E-state index in [1.165, 1.54) is 12.1 Å². The van der Waals surface area contributed by atoms with E-state index in [-0.39, 0.29) is 16.7 Å². The van der Waals surface area contributed by atoms with Crippen LogP contribution in [0.25, 0.3) is 0 Å². The molecule has 1 aliphatic rings. The highest BCUT2D eigenvalue weighted by molar-refractivity contribution is 7.90. The van der Waals surface area contributed by atoms with Gasteiger partial charge < -0.3 is 10.2 Å². The average molecular weight is 386 g/mol. The molecular formula is C20H22N2O4S. The van der Waals surface area contributed by atoms with Gasteiger partial charge in [-0.3, -0.25) is 9.59 Å². The number of amides is 2. The van der Waals surface area contributed by atoms with Crippen LogP contribution >= 0.6 is 0 Å². The first kappa shape index (κ1) is 19.1. The lowest BCUT2D eigenvalue weighted by Gasteiger charge is -2.16. The Hall–Kier alpha value is -2.67. The van der Waals surface area contributed by atoms with E-state index in [4.69, 9.17) is 0 Å². The van der Waals surface area contributed by atoms with Crippen LogP contribution in [0.2, 0.25) is 0 Å². The van der Waals surface area contributed by atoms with Gasteiger partial charge in [0.25, 0.3) is 5.91 Å². The molecular weight excluding hydrogens is 364 g/mol. The number of hydrogen-bond donors (Lipinski definition) is 1. The summed E-state index contributed by atoms with van der Waals surface area (Å²) in [5.74, 6) is -0.186. The zero-order valence-electron chi connectivity index (χ0n) is 15.4. The van der Waals surface area contributed by atoms with E-state index in [0.29, 0.717) is 24.1 Å². The maximum Gasteiger partial charge on any atom is 0.251 e. The number of hydrogen-bond acceptors (Lipinski definition) is 4. The van der Waals surface area contributed by atoms with E-state index in [1.807, 2.05) is 24.3 Å². The lowest BCUT2D eigenvalue weighted by molar-refractivity contribution is -0.117. The second-order valence-electron chi connectivity index (χ2n) is 6.75. The van der Waals surface area contributed by atoms with Gasteiger partial charge in [-0.1, -0.05) is 18.2 Å². The van der Waals surface area contributed by atoms with Crippen molar-refractivity contribution >= 4 is 27.3 Å². The van der Waals surface area contributed by atoms with Crippen molar-refractivity contribution in [3.05, 3.63) is 59.2 Å². The van der Waals surface area contributed by atoms with Crippen molar-refractivity contribution in [3.63, 3.8) is 0 Å². The largest absolute Gasteiger partial charge is 0.348 e. The van der Waals surface area contributed by atoms with E-state index in [0.717, 1.165) is 30.5 Å². The zero-order chi connectivity index (χ0) is 19.6. The van der Waals surface area contributed by atoms with Crippen LogP contribution in [0.5, 0.6) is 0 Å². The van der Waals surface area contributed by atoms with Crippen molar-refractivity contribution in [2.24, 2.45) is 0 Å². The number of nitrogens with one attached hydrogen (secondary N) is 1. The lowest BCUT2D eigenvalue weighted by atomic mass is 10.1. The summed E-state index contributed by atoms with van der Waals surface area (Å²) in [6.45, 7) is 2.82. The molecule has 1 fully saturated rings. The lowest BCUT2D eigenvalue weighted by Crippen LogP contribution is -2.25. The van der Waals surface area contributed by atoms with Gasteiger partial charge in [-0.15, -0.1) is 0 Å². The Morgan fingerprint density at radius 3 is 2.44 bits per heavy atom. The van der Waals surface area contributed by atoms with Gasteiger partial charge in [0, 0.05) is 37.0 Å². The molecule has 2 amide bonds. The highest BCUT2D eigenvalue weighted by Crippen LogP contribution is 2.21. The molecule has 0 unspecified atom stereocenters. The molecule has 7 heteroatoms. The number of benzene rings is 2. The van der Waals surface area contributed by atoms with Gasteiger partial charge in [0.15, 0.2) is 9.84 Å². The van der Waals surface area contributed by atoms with Crippen LogP contribution in [0.4, 0.5) is 5.69 Å². The summed E-state index contributed by atoms with van der Waals surface area (Å²) >= 11 is 0. The summed E-state index contributed by atoms with van der Waals surface area (Å²) in [4.78, 5) is 26.2. The van der Waals surface area contributed by atoms with Crippen molar-refractivity contribution in [1.82, 2.24) is 5.32 Å². The fourth-order valence-electron chi connectivity index (χ4n) is 3.07. The molecule has 3 rings (SSSR count). The van der Waals surface area contributed by atoms with Gasteiger partial charge in [-0.2, -0.15) is 0 Å². The molecule has 0 aliphatic carbocycles. The quantitative estimate of drug-likeness (QED) is 0.856. The van der Waals surface area contributed by atoms with E-state index in [1.54, 1.807) is 17.9 Å². The molecule has 6 nitrogen and oxygen atoms in total. The molecule has 1 aliphatic heterocycles. The topological polar surface area (TPSA) is 83.6 Å². The molecule has 1 N–H and O–H groups in total. The monoisotopic (exact) mass is 386 g/mol. The van der Waals surface area contributed by atoms with Gasteiger partial charge >= 0.3 is 0 Å². The predicted octanol–water partition coefficient (Wildman–Crippen LogP) is 2.46. The molecule has 0 radical (unpaired) electrons. The number of aryl methyl sites for hydroxylation is 1. The molecule has 0 bridgehead atoms. The highest BCUT2D eigenvalue weighted by atomic mass is 32.2. The third kappa shape index (κ3) is 4.36. The predicted molar refractivity (Wildman–Crippen MR) is 103 cm³/mol. The van der Waals surface area contributed by atoms with Gasteiger partial charge in [-0.25, -0.2) is 8.42 Å². The zero-order valence-corrected chi connectivity index (χ0v) is 16.2. The molecule has 27 heavy (non-hydrogen) atoms. The number of carbonyl (C=O) groups excluding carboxylic acids is 2. The Bertz CT molecular complexity index is 982. The van der Waals surface area contributed by atoms with Crippen LogP contribution in [0.1, 0.15) is 34.3 Å². The number of sulfone groups is 1. The SMILES string of the molecule is Cc1ccc(S(C)(=O)=O)cc1C(=O)NCc1ccc(N2CCCC2=O)cc1. The first-order valence-corrected chi connectivity index (χ1v) is 10.6. The highest BCUT2D eigenvalue weighted by Gasteiger charge is 2.21. The number of anilines is 1. The Morgan fingerprint density at radius 1 is 1.15 bits per heavy atom. The molecule has 1 saturated heterocycles. The molecule has 0 saturated carbocycles. The number of nitrogens with zero attached hydrogens (tertiary/aromatic N) is 1. The van der Waals surface area contributed by atoms with Crippen molar-refractivity contribution in [2.45, 2.75) is 31.2 Å². The van der Waals surface area contributed by atoms with Crippen molar-refractivity contribution < 1.29 is 18.0 Å². The molecule has 2 aromatic rings. The van der Waals surface area contributed by atoms with Crippen molar-refractivity contribution in [1.29, 1.82) is 0 Å². The Morgan fingerprint density at radius 2 is 1.85 bits per heavy atom. The normalized spacial score (nSPS) is 14.4. The fourth-order valence-corrected chi connectivity index (χ4v) is 3.72. The van der Waals surface area contributed by atoms with E-state index >= 15 is 0 Å². The van der Waals surface area contributed by atoms with Crippen LogP contribution in [-0.4, -0.2) is 33.0 Å². The summed E-state index contributed by atoms with van der Waals surface area (Å²) in [7, 11) is -3.37. The fraction of sp³-hybridized carbons (Fsp3) is 0.300. The van der Waals surface area contributed by atoms with E-state index < -0.39 is 9.84 Å². The minimum atomic E-state index is -3.37. The Balaban J connectivity index is 1.68. The second kappa shape index (κ2) is 7.52. The average Bonchev–Trinajstić information content (AvgIpc) is 3.05. The molecule has 0 spiro atoms. The Kier molecular flexibility index (Phi) is 5.32. The van der Waals surface area contributed by atoms with Gasteiger partial charge in [-0.05, 0) is 48.7 Å². The van der Waals surface area contributed by atoms with Crippen molar-refractivity contribution in [2.75, 3.05) is 17.7 Å². The van der Waals surface area contributed by atoms with Gasteiger partial charge in [0.1, 0.15) is 0 Å². The summed E-state index contributed by atoms with van der Waals surface area (Å²) < 4.78 is 23.4. The van der Waals surface area contributed by atoms with Crippen LogP contribution < -0.4 is 10.2 Å². The number of rotatable bonds is 5. The molecule has 2 aromatic carbocycles. The summed E-state index contributed by atoms with van der Waals surface area (Å²) in [6.07, 6.45) is 2.58. The van der Waals surface area contributed by atoms with Crippen LogP contribution in [-0.2, 0) is 21.2 Å². The molecule has 1 heterocycles. The summed E-state index contributed by atoms with van der Waals surface area (Å²) in [5, 5.41) is 2.82. The van der Waals surface area contributed by atoms with E-state index in [2.05, 4.69) is 5.32 Å². The third-order valence-electron chi connectivity index (χ3n) is 4.66. The van der Waals surface area contributed by atoms with Crippen LogP contribution in [0, 0.1) is 6.92 Å². The smallest absolute Gasteiger partial charge is 0.251 e. The van der Waals surface area contributed by atoms with Crippen LogP contribution in [0.3, 0.4) is 0 Å². The first-order valence-electron chi connectivity index (χ1n) is 8.74. The maximum absolute atomic E-state index is 12.5. The van der Waals surface area contributed by atoms with Crippen molar-refractivity contribution in [3.8, 4) is 0 Å². The molecule has 142 valence electrons. The standard InChI is InChI=1S/C20H22N2O4S/c1-14-5-10-17(27(2,25)26)12-18(14)20(24)21-13-15-6-8-16(9-7-15)22-11-3-4-19(22)23/h5-10,12H,3-4,11,13H2,1-2H3,(H,21,24). The molecule has 0 atom stereocenters. The molecule has 0 aromatic heterocycles. The summed E-state index contributed by atoms with van der Waals surface area (Å²) in [6, 6.07) is 12.0. The minimum Gasteiger partial charge on any atom is -0.348 e. The van der Waals surface area contributed by atoms with Gasteiger partial charge in [0.05, 0.1) is 4.90 Å². The minimum absolute atomic E-state index is 0.123. The second-order valence-corrected chi connectivity index (χ2v) is 8.76. The first-order chi connectivity index (χ1) is 12.8. The van der Waals surface area contributed by atoms with Gasteiger partial charge in [0.2, 0.25) is 5.91 Å². The summed E-state index contributed by atoms with van der Waals surface area (Å²) in [5.41, 5.74) is 2.82. The Labute approximate surface area is 159 Å². The van der Waals surface area contributed by atoms with E-state index in [9.17, 15) is 18.0 Å². The third-order valence-corrected chi connectivity index (χ3v) is 5.77. The van der Waals surface area contributed by atoms with Crippen LogP contribution in [0.15, 0.2) is 47.4 Å². The number of carbonyl (C=O) groups is 2.